The number of anilines is 1. The topological polar surface area (TPSA) is 93.1 Å². The maximum Gasteiger partial charge on any atom is 0.321 e. The molecule has 3 N–H and O–H groups in total. The lowest BCUT2D eigenvalue weighted by Gasteiger charge is -2.32. The Labute approximate surface area is 110 Å². The van der Waals surface area contributed by atoms with Crippen LogP contribution in [-0.2, 0) is 4.79 Å². The van der Waals surface area contributed by atoms with Gasteiger partial charge in [-0.1, -0.05) is 0 Å². The van der Waals surface area contributed by atoms with Crippen LogP contribution in [0.25, 0.3) is 0 Å². The molecule has 0 aliphatic carbocycles. The number of phenols is 2. The molecule has 0 radical (unpaired) electrons. The summed E-state index contributed by atoms with van der Waals surface area (Å²) in [6.45, 7) is 1.91. The molecule has 2 rings (SSSR count). The fourth-order valence-electron chi connectivity index (χ4n) is 1.90. The zero-order valence-corrected chi connectivity index (χ0v) is 10.2. The number of carbonyl (C=O) groups excluding carboxylic acids is 2. The normalized spacial score (nSPS) is 15.2. The van der Waals surface area contributed by atoms with Crippen molar-refractivity contribution in [2.24, 2.45) is 0 Å². The van der Waals surface area contributed by atoms with E-state index >= 15 is 0 Å². The van der Waals surface area contributed by atoms with Crippen LogP contribution >= 0.6 is 0 Å². The van der Waals surface area contributed by atoms with Crippen LogP contribution in [0.1, 0.15) is 0 Å². The van der Waals surface area contributed by atoms with Crippen LogP contribution in [0.2, 0.25) is 0 Å². The van der Waals surface area contributed by atoms with Crippen molar-refractivity contribution in [1.29, 1.82) is 0 Å². The quantitative estimate of drug-likeness (QED) is 0.675. The lowest BCUT2D eigenvalue weighted by atomic mass is 10.3. The minimum atomic E-state index is -0.324. The number of aromatic hydroxyl groups is 2. The molecule has 0 atom stereocenters. The van der Waals surface area contributed by atoms with E-state index in [1.165, 1.54) is 18.2 Å². The maximum absolute atomic E-state index is 11.9. The number of rotatable bonds is 2. The van der Waals surface area contributed by atoms with Crippen molar-refractivity contribution in [3.63, 3.8) is 0 Å². The van der Waals surface area contributed by atoms with Crippen molar-refractivity contribution in [3.05, 3.63) is 18.2 Å². The molecule has 0 spiro atoms. The van der Waals surface area contributed by atoms with Gasteiger partial charge in [0.2, 0.25) is 6.41 Å². The first-order valence-electron chi connectivity index (χ1n) is 5.87. The fourth-order valence-corrected chi connectivity index (χ4v) is 1.90. The fraction of sp³-hybridized carbons (Fsp3) is 0.333. The van der Waals surface area contributed by atoms with Gasteiger partial charge in [-0.25, -0.2) is 4.79 Å². The van der Waals surface area contributed by atoms with Crippen molar-refractivity contribution < 1.29 is 19.8 Å². The monoisotopic (exact) mass is 265 g/mol. The number of phenolic OH excluding ortho intramolecular Hbond substituents is 2. The van der Waals surface area contributed by atoms with Crippen LogP contribution in [0.4, 0.5) is 10.5 Å². The lowest BCUT2D eigenvalue weighted by molar-refractivity contribution is -0.119. The van der Waals surface area contributed by atoms with Gasteiger partial charge >= 0.3 is 6.03 Å². The zero-order valence-electron chi connectivity index (χ0n) is 10.2. The van der Waals surface area contributed by atoms with Gasteiger partial charge in [0.1, 0.15) is 11.5 Å². The minimum absolute atomic E-state index is 0.124. The third-order valence-corrected chi connectivity index (χ3v) is 2.90. The second-order valence-electron chi connectivity index (χ2n) is 4.30. The first-order chi connectivity index (χ1) is 9.08. The van der Waals surface area contributed by atoms with E-state index in [9.17, 15) is 19.8 Å². The number of benzene rings is 1. The molecule has 0 unspecified atom stereocenters. The van der Waals surface area contributed by atoms with E-state index in [1.54, 1.807) is 9.80 Å². The van der Waals surface area contributed by atoms with Crippen molar-refractivity contribution in [1.82, 2.24) is 9.80 Å². The molecule has 1 aliphatic heterocycles. The Morgan fingerprint density at radius 1 is 1.11 bits per heavy atom. The Morgan fingerprint density at radius 3 is 2.21 bits per heavy atom. The first-order valence-corrected chi connectivity index (χ1v) is 5.87. The number of amides is 3. The molecule has 1 fully saturated rings. The number of hydrogen-bond acceptors (Lipinski definition) is 4. The summed E-state index contributed by atoms with van der Waals surface area (Å²) in [5, 5.41) is 21.2. The number of carbonyl (C=O) groups is 2. The first kappa shape index (κ1) is 13.0. The minimum Gasteiger partial charge on any atom is -0.508 e. The number of urea groups is 1. The number of nitrogens with one attached hydrogen (secondary N) is 1. The summed E-state index contributed by atoms with van der Waals surface area (Å²) in [5.74, 6) is -0.248. The second-order valence-corrected chi connectivity index (χ2v) is 4.30. The largest absolute Gasteiger partial charge is 0.508 e. The molecule has 7 nitrogen and oxygen atoms in total. The summed E-state index contributed by atoms with van der Waals surface area (Å²) >= 11 is 0. The van der Waals surface area contributed by atoms with Gasteiger partial charge in [-0.2, -0.15) is 0 Å². The molecule has 1 saturated heterocycles. The van der Waals surface area contributed by atoms with E-state index < -0.39 is 0 Å². The van der Waals surface area contributed by atoms with E-state index in [0.717, 1.165) is 6.41 Å². The van der Waals surface area contributed by atoms with Crippen LogP contribution < -0.4 is 5.32 Å². The van der Waals surface area contributed by atoms with Crippen LogP contribution in [0.3, 0.4) is 0 Å². The standard InChI is InChI=1S/C12H15N3O4/c16-8-14-1-3-15(4-2-14)12(19)13-9-5-10(17)7-11(18)6-9/h5-8,17-18H,1-4H2,(H,13,19). The van der Waals surface area contributed by atoms with Crippen LogP contribution in [-0.4, -0.2) is 58.6 Å². The van der Waals surface area contributed by atoms with Gasteiger partial charge < -0.3 is 25.3 Å². The molecule has 0 saturated carbocycles. The highest BCUT2D eigenvalue weighted by Crippen LogP contribution is 2.24. The van der Waals surface area contributed by atoms with E-state index in [4.69, 9.17) is 0 Å². The Hall–Kier alpha value is -2.44. The van der Waals surface area contributed by atoms with E-state index in [2.05, 4.69) is 5.32 Å². The van der Waals surface area contributed by atoms with Gasteiger partial charge in [0.15, 0.2) is 0 Å². The third kappa shape index (κ3) is 3.27. The van der Waals surface area contributed by atoms with Gasteiger partial charge in [0.25, 0.3) is 0 Å². The maximum atomic E-state index is 11.9. The van der Waals surface area contributed by atoms with Gasteiger partial charge in [-0.15, -0.1) is 0 Å². The highest BCUT2D eigenvalue weighted by atomic mass is 16.3. The zero-order chi connectivity index (χ0) is 13.8. The van der Waals surface area contributed by atoms with Crippen molar-refractivity contribution in [2.75, 3.05) is 31.5 Å². The summed E-state index contributed by atoms with van der Waals surface area (Å²) < 4.78 is 0. The summed E-state index contributed by atoms with van der Waals surface area (Å²) in [6.07, 6.45) is 0.766. The number of nitrogens with zero attached hydrogens (tertiary/aromatic N) is 2. The molecule has 3 amide bonds. The predicted octanol–water partition coefficient (Wildman–Crippen LogP) is 0.404. The summed E-state index contributed by atoms with van der Waals surface area (Å²) in [4.78, 5) is 25.7. The summed E-state index contributed by atoms with van der Waals surface area (Å²) in [7, 11) is 0. The lowest BCUT2D eigenvalue weighted by Crippen LogP contribution is -2.49. The molecule has 0 aromatic heterocycles. The van der Waals surface area contributed by atoms with Crippen LogP contribution in [0.5, 0.6) is 11.5 Å². The molecular formula is C12H15N3O4. The average molecular weight is 265 g/mol. The SMILES string of the molecule is O=CN1CCN(C(=O)Nc2cc(O)cc(O)c2)CC1. The Kier molecular flexibility index (Phi) is 3.74. The van der Waals surface area contributed by atoms with Gasteiger partial charge in [0.05, 0.1) is 0 Å². The predicted molar refractivity (Wildman–Crippen MR) is 68.0 cm³/mol. The highest BCUT2D eigenvalue weighted by molar-refractivity contribution is 5.90. The smallest absolute Gasteiger partial charge is 0.321 e. The number of hydrogen-bond donors (Lipinski definition) is 3. The summed E-state index contributed by atoms with van der Waals surface area (Å²) in [5.41, 5.74) is 0.320. The van der Waals surface area contributed by atoms with Crippen molar-refractivity contribution in [2.45, 2.75) is 0 Å². The average Bonchev–Trinajstić information content (AvgIpc) is 2.37. The molecule has 1 aromatic rings. The summed E-state index contributed by atoms with van der Waals surface area (Å²) in [6, 6.07) is 3.55. The van der Waals surface area contributed by atoms with E-state index in [0.29, 0.717) is 31.9 Å². The molecule has 19 heavy (non-hydrogen) atoms. The van der Waals surface area contributed by atoms with E-state index in [-0.39, 0.29) is 17.5 Å². The molecular weight excluding hydrogens is 250 g/mol. The van der Waals surface area contributed by atoms with Crippen molar-refractivity contribution >= 4 is 18.1 Å². The van der Waals surface area contributed by atoms with Gasteiger partial charge in [0, 0.05) is 50.1 Å². The third-order valence-electron chi connectivity index (χ3n) is 2.90. The molecule has 7 heteroatoms. The van der Waals surface area contributed by atoms with Gasteiger partial charge in [-0.05, 0) is 0 Å². The second kappa shape index (κ2) is 5.47. The molecule has 1 heterocycles. The molecule has 0 bridgehead atoms. The van der Waals surface area contributed by atoms with Crippen LogP contribution in [0, 0.1) is 0 Å². The van der Waals surface area contributed by atoms with E-state index in [1.807, 2.05) is 0 Å². The molecule has 102 valence electrons. The Morgan fingerprint density at radius 2 is 1.68 bits per heavy atom. The molecule has 1 aliphatic rings. The van der Waals surface area contributed by atoms with Crippen molar-refractivity contribution in [3.8, 4) is 11.5 Å². The Bertz CT molecular complexity index is 464. The number of piperazine rings is 1. The van der Waals surface area contributed by atoms with Crippen LogP contribution in [0.15, 0.2) is 18.2 Å². The molecule has 1 aromatic carbocycles. The highest BCUT2D eigenvalue weighted by Gasteiger charge is 2.20. The Balaban J connectivity index is 1.96. The van der Waals surface area contributed by atoms with Gasteiger partial charge in [-0.3, -0.25) is 4.79 Å².